The van der Waals surface area contributed by atoms with Gasteiger partial charge in [0.05, 0.1) is 6.04 Å². The molecule has 3 N–H and O–H groups in total. The second kappa shape index (κ2) is 5.76. The Kier molecular flexibility index (Phi) is 3.98. The lowest BCUT2D eigenvalue weighted by atomic mass is 9.82. The Balaban J connectivity index is 2.04. The van der Waals surface area contributed by atoms with E-state index in [1.807, 2.05) is 0 Å². The number of benzene rings is 2. The molecule has 1 saturated carbocycles. The van der Waals surface area contributed by atoms with E-state index in [0.29, 0.717) is 0 Å². The zero-order chi connectivity index (χ0) is 14.9. The molecule has 0 heterocycles. The molecule has 0 radical (unpaired) electrons. The van der Waals surface area contributed by atoms with Crippen molar-refractivity contribution in [3.8, 4) is 0 Å². The molecule has 2 aromatic rings. The van der Waals surface area contributed by atoms with Crippen LogP contribution >= 0.6 is 0 Å². The van der Waals surface area contributed by atoms with Gasteiger partial charge in [-0.25, -0.2) is 0 Å². The topological polar surface area (TPSA) is 41.3 Å². The molecule has 3 heteroatoms. The van der Waals surface area contributed by atoms with Crippen LogP contribution in [0.25, 0.3) is 10.8 Å². The van der Waals surface area contributed by atoms with Crippen LogP contribution in [0.15, 0.2) is 42.5 Å². The van der Waals surface area contributed by atoms with E-state index in [1.165, 1.54) is 42.0 Å². The van der Waals surface area contributed by atoms with E-state index in [2.05, 4.69) is 66.9 Å². The van der Waals surface area contributed by atoms with Crippen molar-refractivity contribution < 1.29 is 0 Å². The first kappa shape index (κ1) is 14.5. The van der Waals surface area contributed by atoms with Crippen molar-refractivity contribution in [3.63, 3.8) is 0 Å². The van der Waals surface area contributed by atoms with Crippen LogP contribution in [0.1, 0.15) is 37.3 Å². The SMILES string of the molecule is CN(C)C1(C(NN)c2ccc3ccccc3c2)CCCC1. The molecule has 0 bridgehead atoms. The quantitative estimate of drug-likeness (QED) is 0.668. The predicted octanol–water partition coefficient (Wildman–Crippen LogP) is 3.22. The second-order valence-electron chi connectivity index (χ2n) is 6.41. The number of nitrogens with one attached hydrogen (secondary N) is 1. The fraction of sp³-hybridized carbons (Fsp3) is 0.444. The number of hydrogen-bond acceptors (Lipinski definition) is 3. The summed E-state index contributed by atoms with van der Waals surface area (Å²) in [6.07, 6.45) is 4.96. The minimum atomic E-state index is 0.122. The number of fused-ring (bicyclic) bond motifs is 1. The third kappa shape index (κ3) is 2.46. The minimum Gasteiger partial charge on any atom is -0.302 e. The molecule has 112 valence electrons. The number of hydrogen-bond donors (Lipinski definition) is 2. The van der Waals surface area contributed by atoms with Crippen molar-refractivity contribution in [2.45, 2.75) is 37.3 Å². The van der Waals surface area contributed by atoms with Gasteiger partial charge in [0.1, 0.15) is 0 Å². The molecule has 0 aromatic heterocycles. The number of nitrogens with two attached hydrogens (primary N) is 1. The smallest absolute Gasteiger partial charge is 0.0643 e. The fourth-order valence-corrected chi connectivity index (χ4v) is 3.93. The van der Waals surface area contributed by atoms with Crippen LogP contribution in [0.5, 0.6) is 0 Å². The van der Waals surface area contributed by atoms with E-state index in [4.69, 9.17) is 5.84 Å². The van der Waals surface area contributed by atoms with Gasteiger partial charge in [-0.2, -0.15) is 0 Å². The molecule has 2 aromatic carbocycles. The maximum absolute atomic E-state index is 5.98. The highest BCUT2D eigenvalue weighted by atomic mass is 15.3. The minimum absolute atomic E-state index is 0.122. The van der Waals surface area contributed by atoms with Gasteiger partial charge in [0.25, 0.3) is 0 Å². The van der Waals surface area contributed by atoms with Crippen LogP contribution in [0.2, 0.25) is 0 Å². The summed E-state index contributed by atoms with van der Waals surface area (Å²) in [5.74, 6) is 5.98. The van der Waals surface area contributed by atoms with Gasteiger partial charge in [0, 0.05) is 5.54 Å². The average Bonchev–Trinajstić information content (AvgIpc) is 2.99. The predicted molar refractivity (Wildman–Crippen MR) is 88.9 cm³/mol. The maximum Gasteiger partial charge on any atom is 0.0643 e. The van der Waals surface area contributed by atoms with Crippen molar-refractivity contribution in [1.29, 1.82) is 0 Å². The molecule has 1 atom stereocenters. The van der Waals surface area contributed by atoms with Gasteiger partial charge in [-0.05, 0) is 49.3 Å². The van der Waals surface area contributed by atoms with Crippen LogP contribution in [-0.4, -0.2) is 24.5 Å². The molecule has 3 rings (SSSR count). The molecule has 0 saturated heterocycles. The van der Waals surface area contributed by atoms with Gasteiger partial charge >= 0.3 is 0 Å². The molecule has 0 aliphatic heterocycles. The third-order valence-electron chi connectivity index (χ3n) is 5.17. The van der Waals surface area contributed by atoms with Gasteiger partial charge in [-0.3, -0.25) is 11.3 Å². The number of rotatable bonds is 4. The van der Waals surface area contributed by atoms with Crippen LogP contribution in [0.3, 0.4) is 0 Å². The highest BCUT2D eigenvalue weighted by molar-refractivity contribution is 5.83. The van der Waals surface area contributed by atoms with E-state index in [0.717, 1.165) is 0 Å². The van der Waals surface area contributed by atoms with E-state index < -0.39 is 0 Å². The molecule has 0 amide bonds. The van der Waals surface area contributed by atoms with E-state index >= 15 is 0 Å². The summed E-state index contributed by atoms with van der Waals surface area (Å²) >= 11 is 0. The Hall–Kier alpha value is -1.42. The number of likely N-dealkylation sites (N-methyl/N-ethyl adjacent to an activating group) is 1. The van der Waals surface area contributed by atoms with Gasteiger partial charge in [0.2, 0.25) is 0 Å². The Labute approximate surface area is 127 Å². The fourth-order valence-electron chi connectivity index (χ4n) is 3.93. The standard InChI is InChI=1S/C18H25N3/c1-21(2)18(11-5-6-12-18)17(20-19)16-10-9-14-7-3-4-8-15(14)13-16/h3-4,7-10,13,17,20H,5-6,11-12,19H2,1-2H3. The Bertz CT molecular complexity index is 615. The number of nitrogens with zero attached hydrogens (tertiary/aromatic N) is 1. The molecular formula is C18H25N3. The summed E-state index contributed by atoms with van der Waals surface area (Å²) in [5, 5.41) is 2.56. The highest BCUT2D eigenvalue weighted by Crippen LogP contribution is 2.43. The van der Waals surface area contributed by atoms with Crippen molar-refractivity contribution in [2.75, 3.05) is 14.1 Å². The Morgan fingerprint density at radius 1 is 1.05 bits per heavy atom. The zero-order valence-corrected chi connectivity index (χ0v) is 13.0. The van der Waals surface area contributed by atoms with Crippen molar-refractivity contribution in [3.05, 3.63) is 48.0 Å². The van der Waals surface area contributed by atoms with E-state index in [-0.39, 0.29) is 11.6 Å². The monoisotopic (exact) mass is 283 g/mol. The molecule has 1 unspecified atom stereocenters. The molecule has 3 nitrogen and oxygen atoms in total. The average molecular weight is 283 g/mol. The summed E-state index contributed by atoms with van der Waals surface area (Å²) in [7, 11) is 4.35. The van der Waals surface area contributed by atoms with Crippen molar-refractivity contribution >= 4 is 10.8 Å². The molecule has 21 heavy (non-hydrogen) atoms. The summed E-state index contributed by atoms with van der Waals surface area (Å²) in [6.45, 7) is 0. The molecule has 1 aliphatic carbocycles. The second-order valence-corrected chi connectivity index (χ2v) is 6.41. The van der Waals surface area contributed by atoms with Crippen LogP contribution in [-0.2, 0) is 0 Å². The summed E-state index contributed by atoms with van der Waals surface area (Å²) in [4.78, 5) is 2.36. The Morgan fingerprint density at radius 2 is 1.71 bits per heavy atom. The van der Waals surface area contributed by atoms with Gasteiger partial charge in [0.15, 0.2) is 0 Å². The normalized spacial score (nSPS) is 19.2. The first-order chi connectivity index (χ1) is 10.2. The van der Waals surface area contributed by atoms with Crippen LogP contribution in [0.4, 0.5) is 0 Å². The van der Waals surface area contributed by atoms with Gasteiger partial charge in [-0.15, -0.1) is 0 Å². The summed E-state index contributed by atoms with van der Waals surface area (Å²) in [5.41, 5.74) is 4.51. The van der Waals surface area contributed by atoms with Crippen molar-refractivity contribution in [2.24, 2.45) is 5.84 Å². The molecule has 0 spiro atoms. The molecular weight excluding hydrogens is 258 g/mol. The lowest BCUT2D eigenvalue weighted by Gasteiger charge is -2.43. The first-order valence-corrected chi connectivity index (χ1v) is 7.80. The lowest BCUT2D eigenvalue weighted by Crippen LogP contribution is -2.53. The van der Waals surface area contributed by atoms with Crippen molar-refractivity contribution in [1.82, 2.24) is 10.3 Å². The van der Waals surface area contributed by atoms with Crippen LogP contribution < -0.4 is 11.3 Å². The van der Waals surface area contributed by atoms with Crippen LogP contribution in [0, 0.1) is 0 Å². The Morgan fingerprint density at radius 3 is 2.33 bits per heavy atom. The maximum atomic E-state index is 5.98. The largest absolute Gasteiger partial charge is 0.302 e. The van der Waals surface area contributed by atoms with Gasteiger partial charge < -0.3 is 4.90 Å². The van der Waals surface area contributed by atoms with E-state index in [1.54, 1.807) is 0 Å². The zero-order valence-electron chi connectivity index (χ0n) is 13.0. The van der Waals surface area contributed by atoms with E-state index in [9.17, 15) is 0 Å². The third-order valence-corrected chi connectivity index (χ3v) is 5.17. The highest BCUT2D eigenvalue weighted by Gasteiger charge is 2.43. The lowest BCUT2D eigenvalue weighted by molar-refractivity contribution is 0.105. The van der Waals surface area contributed by atoms with Gasteiger partial charge in [-0.1, -0.05) is 49.2 Å². The first-order valence-electron chi connectivity index (χ1n) is 7.80. The summed E-state index contributed by atoms with van der Waals surface area (Å²) < 4.78 is 0. The number of hydrazine groups is 1. The summed E-state index contributed by atoms with van der Waals surface area (Å²) in [6, 6.07) is 15.4. The molecule has 1 aliphatic rings. The molecule has 1 fully saturated rings.